The fraction of sp³-hybridized carbons (Fsp3) is 0.500. The van der Waals surface area contributed by atoms with E-state index in [1.165, 1.54) is 6.07 Å². The number of nitrogens with zero attached hydrogens (tertiary/aromatic N) is 6. The first-order valence-corrected chi connectivity index (χ1v) is 14.6. The van der Waals surface area contributed by atoms with Gasteiger partial charge < -0.3 is 34.4 Å². The van der Waals surface area contributed by atoms with Crippen LogP contribution >= 0.6 is 0 Å². The third kappa shape index (κ3) is 5.52. The van der Waals surface area contributed by atoms with E-state index in [9.17, 15) is 9.18 Å². The maximum atomic E-state index is 15.5. The molecule has 42 heavy (non-hydrogen) atoms. The Kier molecular flexibility index (Phi) is 8.00. The van der Waals surface area contributed by atoms with E-state index >= 15 is 4.39 Å². The van der Waals surface area contributed by atoms with Crippen molar-refractivity contribution in [3.63, 3.8) is 0 Å². The van der Waals surface area contributed by atoms with E-state index in [0.717, 1.165) is 30.7 Å². The van der Waals surface area contributed by atoms with Gasteiger partial charge in [-0.15, -0.1) is 0 Å². The number of carbonyl (C=O) groups excluding carboxylic acids is 1. The molecule has 12 heteroatoms. The van der Waals surface area contributed by atoms with Crippen LogP contribution in [0.25, 0.3) is 10.9 Å². The van der Waals surface area contributed by atoms with Crippen molar-refractivity contribution in [1.82, 2.24) is 14.9 Å². The molecule has 224 valence electrons. The number of carbonyl (C=O) groups is 1. The van der Waals surface area contributed by atoms with Gasteiger partial charge in [-0.3, -0.25) is 4.79 Å². The first-order chi connectivity index (χ1) is 20.3. The molecule has 0 aliphatic carbocycles. The van der Waals surface area contributed by atoms with Gasteiger partial charge in [-0.2, -0.15) is 0 Å². The molecule has 2 aromatic heterocycles. The number of halogens is 2. The predicted octanol–water partition coefficient (Wildman–Crippen LogP) is 3.69. The van der Waals surface area contributed by atoms with Crippen LogP contribution in [0.2, 0.25) is 0 Å². The molecule has 1 N–H and O–H groups in total. The van der Waals surface area contributed by atoms with Gasteiger partial charge in [0.1, 0.15) is 17.5 Å². The number of benzene rings is 1. The van der Waals surface area contributed by atoms with Crippen LogP contribution in [0.4, 0.5) is 37.5 Å². The third-order valence-corrected chi connectivity index (χ3v) is 8.20. The van der Waals surface area contributed by atoms with Crippen LogP contribution in [0.5, 0.6) is 0 Å². The second kappa shape index (κ2) is 11.8. The summed E-state index contributed by atoms with van der Waals surface area (Å²) < 4.78 is 41.1. The lowest BCUT2D eigenvalue weighted by molar-refractivity contribution is -0.132. The van der Waals surface area contributed by atoms with Gasteiger partial charge in [-0.1, -0.05) is 0 Å². The second-order valence-electron chi connectivity index (χ2n) is 11.2. The lowest BCUT2D eigenvalue weighted by Gasteiger charge is -2.38. The maximum Gasteiger partial charge on any atom is 0.242 e. The first-order valence-electron chi connectivity index (χ1n) is 14.6. The lowest BCUT2D eigenvalue weighted by atomic mass is 10.1. The molecule has 0 saturated carbocycles. The van der Waals surface area contributed by atoms with Gasteiger partial charge in [0.05, 0.1) is 67.1 Å². The van der Waals surface area contributed by atoms with Crippen molar-refractivity contribution in [2.24, 2.45) is 0 Å². The highest BCUT2D eigenvalue weighted by atomic mass is 19.1. The molecule has 0 atom stereocenters. The Morgan fingerprint density at radius 3 is 2.24 bits per heavy atom. The number of aromatic nitrogens is 2. The van der Waals surface area contributed by atoms with Gasteiger partial charge >= 0.3 is 0 Å². The minimum absolute atomic E-state index is 0.00510. The number of nitrogens with one attached hydrogen (secondary N) is 1. The molecule has 3 aliphatic rings. The van der Waals surface area contributed by atoms with E-state index in [0.29, 0.717) is 75.4 Å². The number of pyridine rings is 2. The summed E-state index contributed by atoms with van der Waals surface area (Å²) in [6.45, 7) is 12.3. The van der Waals surface area contributed by atoms with Crippen molar-refractivity contribution in [1.29, 1.82) is 0 Å². The molecule has 3 fully saturated rings. The Bertz CT molecular complexity index is 1480. The van der Waals surface area contributed by atoms with Crippen molar-refractivity contribution >= 4 is 45.5 Å². The topological polar surface area (TPSA) is 86.3 Å². The molecular formula is C30H37F2N7O3. The van der Waals surface area contributed by atoms with Crippen molar-refractivity contribution in [2.45, 2.75) is 26.8 Å². The molecule has 0 radical (unpaired) electrons. The number of ether oxygens (including phenoxy) is 2. The number of amides is 1. The van der Waals surface area contributed by atoms with Crippen molar-refractivity contribution < 1.29 is 23.0 Å². The normalized spacial score (nSPS) is 18.4. The zero-order valence-corrected chi connectivity index (χ0v) is 24.3. The summed E-state index contributed by atoms with van der Waals surface area (Å²) in [6.07, 6.45) is 1.86. The highest BCUT2D eigenvalue weighted by Gasteiger charge is 2.29. The number of hydrogen-bond donors (Lipinski definition) is 1. The summed E-state index contributed by atoms with van der Waals surface area (Å²) in [5.74, 6) is -0.171. The standard InChI is InChI=1S/C30H37F2N7O3/c1-19(2)39-5-4-38(18-26(39)40)29-20(3)28(27-23(32)14-21(31)15-24(27)35-29)34-25-16-22(36-6-10-41-11-7-36)17-33-30(25)37-8-12-42-13-9-37/h14-17,19H,4-13,18H2,1-3H3,(H,34,35). The van der Waals surface area contributed by atoms with E-state index in [1.54, 1.807) is 0 Å². The number of rotatable bonds is 6. The second-order valence-corrected chi connectivity index (χ2v) is 11.2. The smallest absolute Gasteiger partial charge is 0.242 e. The van der Waals surface area contributed by atoms with Crippen LogP contribution < -0.4 is 20.0 Å². The summed E-state index contributed by atoms with van der Waals surface area (Å²) in [4.78, 5) is 30.6. The quantitative estimate of drug-likeness (QED) is 0.469. The van der Waals surface area contributed by atoms with Gasteiger partial charge in [-0.05, 0) is 26.8 Å². The number of hydrogen-bond acceptors (Lipinski definition) is 9. The molecule has 0 spiro atoms. The number of fused-ring (bicyclic) bond motifs is 1. The van der Waals surface area contributed by atoms with E-state index in [2.05, 4.69) is 15.1 Å². The van der Waals surface area contributed by atoms with Gasteiger partial charge in [0.2, 0.25) is 5.91 Å². The van der Waals surface area contributed by atoms with Crippen molar-refractivity contribution in [3.05, 3.63) is 41.6 Å². The molecule has 3 saturated heterocycles. The SMILES string of the molecule is Cc1c(N2CCN(C(C)C)C(=O)C2)nc2cc(F)cc(F)c2c1Nc1cc(N2CCOCC2)cnc1N1CCOCC1. The molecule has 5 heterocycles. The molecule has 10 nitrogen and oxygen atoms in total. The highest BCUT2D eigenvalue weighted by Crippen LogP contribution is 2.40. The summed E-state index contributed by atoms with van der Waals surface area (Å²) in [7, 11) is 0. The van der Waals surface area contributed by atoms with Crippen LogP contribution in [0.3, 0.4) is 0 Å². The number of piperazine rings is 1. The predicted molar refractivity (Wildman–Crippen MR) is 159 cm³/mol. The molecule has 3 aromatic rings. The third-order valence-electron chi connectivity index (χ3n) is 8.20. The lowest BCUT2D eigenvalue weighted by Crippen LogP contribution is -2.53. The average Bonchev–Trinajstić information content (AvgIpc) is 2.99. The molecule has 0 unspecified atom stereocenters. The molecule has 1 amide bonds. The minimum atomic E-state index is -0.709. The summed E-state index contributed by atoms with van der Waals surface area (Å²) in [5, 5.41) is 3.70. The molecular weight excluding hydrogens is 544 g/mol. The monoisotopic (exact) mass is 581 g/mol. The van der Waals surface area contributed by atoms with Crippen molar-refractivity contribution in [2.75, 3.05) is 92.3 Å². The fourth-order valence-electron chi connectivity index (χ4n) is 5.97. The number of morpholine rings is 2. The van der Waals surface area contributed by atoms with Crippen LogP contribution in [0.15, 0.2) is 24.4 Å². The summed E-state index contributed by atoms with van der Waals surface area (Å²) >= 11 is 0. The van der Waals surface area contributed by atoms with Gasteiger partial charge in [0.15, 0.2) is 5.82 Å². The Hall–Kier alpha value is -3.77. The van der Waals surface area contributed by atoms with E-state index in [1.807, 2.05) is 42.8 Å². The van der Waals surface area contributed by atoms with Gasteiger partial charge in [0, 0.05) is 63.0 Å². The first kappa shape index (κ1) is 28.4. The minimum Gasteiger partial charge on any atom is -0.378 e. The van der Waals surface area contributed by atoms with Crippen LogP contribution in [0.1, 0.15) is 19.4 Å². The zero-order valence-electron chi connectivity index (χ0n) is 24.3. The van der Waals surface area contributed by atoms with Crippen molar-refractivity contribution in [3.8, 4) is 0 Å². The van der Waals surface area contributed by atoms with Crippen LogP contribution in [-0.2, 0) is 14.3 Å². The molecule has 1 aromatic carbocycles. The van der Waals surface area contributed by atoms with E-state index in [-0.39, 0.29) is 29.4 Å². The Labute approximate surface area is 244 Å². The van der Waals surface area contributed by atoms with E-state index in [4.69, 9.17) is 19.4 Å². The Morgan fingerprint density at radius 1 is 0.881 bits per heavy atom. The Morgan fingerprint density at radius 2 is 1.57 bits per heavy atom. The molecule has 0 bridgehead atoms. The van der Waals surface area contributed by atoms with Gasteiger partial charge in [-0.25, -0.2) is 18.7 Å². The highest BCUT2D eigenvalue weighted by molar-refractivity contribution is 5.99. The average molecular weight is 582 g/mol. The summed E-state index contributed by atoms with van der Waals surface area (Å²) in [6, 6.07) is 4.24. The Balaban J connectivity index is 1.46. The molecule has 6 rings (SSSR count). The van der Waals surface area contributed by atoms with Crippen LogP contribution in [-0.4, -0.2) is 99.1 Å². The van der Waals surface area contributed by atoms with E-state index < -0.39 is 11.6 Å². The largest absolute Gasteiger partial charge is 0.378 e. The molecule has 3 aliphatic heterocycles. The van der Waals surface area contributed by atoms with Gasteiger partial charge in [0.25, 0.3) is 0 Å². The van der Waals surface area contributed by atoms with Crippen LogP contribution in [0, 0.1) is 18.6 Å². The maximum absolute atomic E-state index is 15.5. The zero-order chi connectivity index (χ0) is 29.4. The fourth-order valence-corrected chi connectivity index (χ4v) is 5.97. The number of anilines is 5. The summed E-state index contributed by atoms with van der Waals surface area (Å²) in [5.41, 5.74) is 2.95.